The molecule has 3 aromatic rings. The fourth-order valence-corrected chi connectivity index (χ4v) is 8.45. The van der Waals surface area contributed by atoms with Crippen LogP contribution in [0.1, 0.15) is 101 Å². The monoisotopic (exact) mass is 975 g/mol. The molecule has 68 heavy (non-hydrogen) atoms. The summed E-state index contributed by atoms with van der Waals surface area (Å²) in [6, 6.07) is -3.04. The van der Waals surface area contributed by atoms with E-state index in [2.05, 4.69) is 41.1 Å². The summed E-state index contributed by atoms with van der Waals surface area (Å²) in [7, 11) is -5.13. The number of nitrogens with zero attached hydrogens (tertiary/aromatic N) is 6. The first-order valence-corrected chi connectivity index (χ1v) is 24.0. The van der Waals surface area contributed by atoms with Crippen molar-refractivity contribution in [2.75, 3.05) is 19.8 Å². The fraction of sp³-hybridized carbons (Fsp3) is 0.605. The summed E-state index contributed by atoms with van der Waals surface area (Å²) in [5.74, 6) is -3.57. The molecule has 6 atom stereocenters. The van der Waals surface area contributed by atoms with E-state index in [1.165, 1.54) is 18.0 Å². The molecule has 3 aromatic heterocycles. The number of unbranched alkanes of at least 4 members (excludes halogenated alkanes) is 3. The van der Waals surface area contributed by atoms with Crippen molar-refractivity contribution in [3.05, 3.63) is 53.1 Å². The first-order chi connectivity index (χ1) is 32.1. The number of aromatic nitrogens is 4. The smallest absolute Gasteiger partial charge is 0.396 e. The molecular weight excluding hydrogens is 910 g/mol. The van der Waals surface area contributed by atoms with E-state index >= 15 is 0 Å². The van der Waals surface area contributed by atoms with Crippen LogP contribution in [-0.4, -0.2) is 137 Å². The number of hydrogen-bond donors (Lipinski definition) is 8. The molecule has 376 valence electrons. The Morgan fingerprint density at radius 1 is 0.971 bits per heavy atom. The zero-order valence-electron chi connectivity index (χ0n) is 39.5. The van der Waals surface area contributed by atoms with E-state index in [1.807, 2.05) is 55.9 Å². The lowest BCUT2D eigenvalue weighted by Gasteiger charge is -2.28. The lowest BCUT2D eigenvalue weighted by atomic mass is 10.0. The SMILES string of the molecule is CC(=O)N1CCC[C@H]1C(=O)N[C@@H](CC(C)C)C(=O)N[C@@H](Cc1cncn1CCCCCCO/N=C/c1cc(C)n(-c2cc(C)on2)c1C)C(=O)N[C@@H](CO)C(=O)N[C@H](C(N)=O)[C@@H](C)OP(=O)(O)O. The molecule has 6 amide bonds. The molecule has 24 nitrogen and oxygen atoms in total. The molecule has 0 aromatic carbocycles. The van der Waals surface area contributed by atoms with Gasteiger partial charge < -0.3 is 60.7 Å². The number of carbonyl (C=O) groups excluding carboxylic acids is 6. The number of aliphatic hydroxyl groups is 1. The van der Waals surface area contributed by atoms with E-state index in [-0.39, 0.29) is 24.7 Å². The highest BCUT2D eigenvalue weighted by molar-refractivity contribution is 7.46. The number of carbonyl (C=O) groups is 6. The maximum absolute atomic E-state index is 14.1. The standard InChI is InChI=1S/C43H66N11O13P/c1-25(2)17-33(48-43(61)36-13-12-15-53(36)30(7)56)40(58)47-34(41(59)49-35(23-55)42(60)50-38(39(44)57)29(6)67-68(62,63)64)20-32-22-45-24-52(32)14-10-8-9-11-16-65-46-21-31-18-26(3)54(28(31)5)37-19-27(4)66-51-37/h18-19,21-22,24-25,29,33-36,38,55H,8-17,20,23H2,1-7H3,(H2,44,57)(H,47,58)(H,48,61)(H,49,59)(H,50,60)(H2,62,63,64)/b46-21+/t29-,33+,34+,35+,36+,38+/m1/s1. The van der Waals surface area contributed by atoms with Crippen molar-refractivity contribution in [1.29, 1.82) is 0 Å². The molecule has 0 bridgehead atoms. The molecule has 0 aliphatic carbocycles. The number of likely N-dealkylation sites (tertiary alicyclic amines) is 1. The number of imidazole rings is 1. The van der Waals surface area contributed by atoms with E-state index in [0.29, 0.717) is 56.2 Å². The van der Waals surface area contributed by atoms with Crippen LogP contribution in [0.5, 0.6) is 0 Å². The number of nitrogens with two attached hydrogens (primary N) is 1. The van der Waals surface area contributed by atoms with E-state index in [4.69, 9.17) is 15.1 Å². The maximum Gasteiger partial charge on any atom is 0.469 e. The van der Waals surface area contributed by atoms with Crippen molar-refractivity contribution in [1.82, 2.24) is 45.4 Å². The Balaban J connectivity index is 1.42. The minimum Gasteiger partial charge on any atom is -0.396 e. The molecular formula is C43H66N11O13P. The average Bonchev–Trinajstić information content (AvgIpc) is 4.07. The molecule has 25 heteroatoms. The number of amides is 6. The quantitative estimate of drug-likeness (QED) is 0.0226. The van der Waals surface area contributed by atoms with Gasteiger partial charge in [0.15, 0.2) is 5.82 Å². The highest BCUT2D eigenvalue weighted by Crippen LogP contribution is 2.38. The number of phosphoric acid groups is 1. The van der Waals surface area contributed by atoms with Crippen LogP contribution in [0, 0.1) is 26.7 Å². The van der Waals surface area contributed by atoms with Crippen molar-refractivity contribution in [2.45, 2.75) is 143 Å². The van der Waals surface area contributed by atoms with Crippen LogP contribution in [0.4, 0.5) is 0 Å². The Morgan fingerprint density at radius 2 is 1.65 bits per heavy atom. The highest BCUT2D eigenvalue weighted by atomic mass is 31.2. The van der Waals surface area contributed by atoms with Crippen LogP contribution in [-0.2, 0) is 55.7 Å². The summed E-state index contributed by atoms with van der Waals surface area (Å²) >= 11 is 0. The third-order valence-electron chi connectivity index (χ3n) is 11.3. The van der Waals surface area contributed by atoms with Crippen LogP contribution in [0.3, 0.4) is 0 Å². The molecule has 1 aliphatic rings. The number of rotatable bonds is 27. The second-order valence-electron chi connectivity index (χ2n) is 17.3. The Kier molecular flexibility index (Phi) is 20.4. The van der Waals surface area contributed by atoms with Gasteiger partial charge in [-0.15, -0.1) is 0 Å². The van der Waals surface area contributed by atoms with Crippen LogP contribution >= 0.6 is 7.82 Å². The van der Waals surface area contributed by atoms with Gasteiger partial charge in [-0.3, -0.25) is 37.9 Å². The molecule has 0 radical (unpaired) electrons. The Hall–Kier alpha value is -5.94. The van der Waals surface area contributed by atoms with Crippen molar-refractivity contribution in [3.63, 3.8) is 0 Å². The summed E-state index contributed by atoms with van der Waals surface area (Å²) in [6.45, 7) is 12.1. The van der Waals surface area contributed by atoms with Gasteiger partial charge in [-0.2, -0.15) is 0 Å². The molecule has 0 saturated carbocycles. The third-order valence-corrected chi connectivity index (χ3v) is 11.9. The van der Waals surface area contributed by atoms with Crippen molar-refractivity contribution >= 4 is 49.5 Å². The second-order valence-corrected chi connectivity index (χ2v) is 18.5. The molecule has 4 heterocycles. The highest BCUT2D eigenvalue weighted by Gasteiger charge is 2.37. The van der Waals surface area contributed by atoms with Crippen LogP contribution in [0.15, 0.2) is 34.3 Å². The minimum absolute atomic E-state index is 0.104. The van der Waals surface area contributed by atoms with Crippen molar-refractivity contribution in [2.24, 2.45) is 16.8 Å². The van der Waals surface area contributed by atoms with Gasteiger partial charge in [-0.1, -0.05) is 30.6 Å². The minimum atomic E-state index is -5.13. The Morgan fingerprint density at radius 3 is 2.28 bits per heavy atom. The molecule has 1 saturated heterocycles. The molecule has 9 N–H and O–H groups in total. The number of nitrogens with one attached hydrogen (secondary N) is 4. The molecule has 1 aliphatic heterocycles. The van der Waals surface area contributed by atoms with Gasteiger partial charge >= 0.3 is 7.82 Å². The van der Waals surface area contributed by atoms with Crippen molar-refractivity contribution < 1.29 is 62.1 Å². The second kappa shape index (κ2) is 25.4. The first-order valence-electron chi connectivity index (χ1n) is 22.5. The number of primary amides is 1. The van der Waals surface area contributed by atoms with Gasteiger partial charge in [-0.25, -0.2) is 9.55 Å². The summed E-state index contributed by atoms with van der Waals surface area (Å²) < 4.78 is 24.9. The number of hydrogen-bond acceptors (Lipinski definition) is 14. The van der Waals surface area contributed by atoms with E-state index in [0.717, 1.165) is 43.1 Å². The molecule has 4 rings (SSSR count). The van der Waals surface area contributed by atoms with Gasteiger partial charge in [0.2, 0.25) is 35.4 Å². The van der Waals surface area contributed by atoms with Gasteiger partial charge in [0.05, 0.1) is 25.3 Å². The topological polar surface area (TPSA) is 337 Å². The number of aryl methyl sites for hydroxylation is 3. The van der Waals surface area contributed by atoms with E-state index in [1.54, 1.807) is 12.5 Å². The normalized spacial score (nSPS) is 16.3. The predicted octanol–water partition coefficient (Wildman–Crippen LogP) is 0.712. The van der Waals surface area contributed by atoms with E-state index < -0.39 is 80.3 Å². The summed E-state index contributed by atoms with van der Waals surface area (Å²) in [4.78, 5) is 109. The molecule has 0 unspecified atom stereocenters. The zero-order chi connectivity index (χ0) is 50.3. The third kappa shape index (κ3) is 16.1. The lowest BCUT2D eigenvalue weighted by molar-refractivity contribution is -0.139. The summed E-state index contributed by atoms with van der Waals surface area (Å²) in [5.41, 5.74) is 8.69. The maximum atomic E-state index is 14.1. The molecule has 1 fully saturated rings. The van der Waals surface area contributed by atoms with Crippen molar-refractivity contribution in [3.8, 4) is 5.82 Å². The fourth-order valence-electron chi connectivity index (χ4n) is 7.89. The van der Waals surface area contributed by atoms with Gasteiger partial charge in [0.1, 0.15) is 42.6 Å². The first kappa shape index (κ1) is 54.7. The molecule has 0 spiro atoms. The zero-order valence-corrected chi connectivity index (χ0v) is 40.4. The predicted molar refractivity (Wildman–Crippen MR) is 244 cm³/mol. The number of phosphoric ester groups is 1. The summed E-state index contributed by atoms with van der Waals surface area (Å²) in [5, 5.41) is 28.4. The average molecular weight is 976 g/mol. The Bertz CT molecular complexity index is 2290. The lowest BCUT2D eigenvalue weighted by Crippen LogP contribution is -2.61. The Labute approximate surface area is 394 Å². The number of oxime groups is 1. The van der Waals surface area contributed by atoms with Gasteiger partial charge in [-0.05, 0) is 78.2 Å². The largest absolute Gasteiger partial charge is 0.469 e. The van der Waals surface area contributed by atoms with Gasteiger partial charge in [0, 0.05) is 61.3 Å². The van der Waals surface area contributed by atoms with Gasteiger partial charge in [0.25, 0.3) is 0 Å². The van der Waals surface area contributed by atoms with Crippen LogP contribution < -0.4 is 27.0 Å². The van der Waals surface area contributed by atoms with E-state index in [9.17, 15) is 48.2 Å². The summed E-state index contributed by atoms with van der Waals surface area (Å²) in [6.07, 6.45) is 7.21. The van der Waals surface area contributed by atoms with Crippen LogP contribution in [0.25, 0.3) is 5.82 Å². The number of aliphatic hydroxyl groups excluding tert-OH is 1. The van der Waals surface area contributed by atoms with Crippen LogP contribution in [0.2, 0.25) is 0 Å².